The van der Waals surface area contributed by atoms with Crippen molar-refractivity contribution in [2.75, 3.05) is 32.8 Å². The van der Waals surface area contributed by atoms with Gasteiger partial charge in [-0.05, 0) is 49.3 Å². The molecule has 0 saturated heterocycles. The molecule has 0 aliphatic rings. The molecular weight excluding hydrogens is 486 g/mol. The average Bonchev–Trinajstić information content (AvgIpc) is 2.68. The maximum Gasteiger partial charge on any atom is 0.224 e. The van der Waals surface area contributed by atoms with E-state index in [1.54, 1.807) is 12.1 Å². The lowest BCUT2D eigenvalue weighted by Crippen LogP contribution is -2.42. The van der Waals surface area contributed by atoms with E-state index < -0.39 is 0 Å². The molecule has 1 amide bonds. The molecule has 1 aromatic rings. The summed E-state index contributed by atoms with van der Waals surface area (Å²) in [6, 6.07) is 6.06. The molecule has 8 heteroatoms. The van der Waals surface area contributed by atoms with Crippen LogP contribution in [0.25, 0.3) is 0 Å². The van der Waals surface area contributed by atoms with Crippen molar-refractivity contribution >= 4 is 35.8 Å². The highest BCUT2D eigenvalue weighted by molar-refractivity contribution is 14.0. The first-order chi connectivity index (χ1) is 13.5. The number of aliphatic hydroxyl groups excluding tert-OH is 1. The number of rotatable bonds is 12. The molecule has 1 aromatic carbocycles. The zero-order valence-electron chi connectivity index (χ0n) is 17.8. The topological polar surface area (TPSA) is 85.8 Å². The van der Waals surface area contributed by atoms with Crippen molar-refractivity contribution in [1.29, 1.82) is 0 Å². The number of halogens is 2. The van der Waals surface area contributed by atoms with E-state index in [0.29, 0.717) is 31.2 Å². The molecule has 0 heterocycles. The van der Waals surface area contributed by atoms with Crippen LogP contribution in [0.5, 0.6) is 0 Å². The molecule has 0 aromatic heterocycles. The number of hydrogen-bond donors (Lipinski definition) is 4. The van der Waals surface area contributed by atoms with Crippen LogP contribution in [0.3, 0.4) is 0 Å². The van der Waals surface area contributed by atoms with Crippen LogP contribution in [-0.2, 0) is 11.2 Å². The largest absolute Gasteiger partial charge is 0.396 e. The first-order valence-corrected chi connectivity index (χ1v) is 10.1. The number of amides is 1. The van der Waals surface area contributed by atoms with Gasteiger partial charge in [0, 0.05) is 32.8 Å². The smallest absolute Gasteiger partial charge is 0.224 e. The second kappa shape index (κ2) is 15.4. The van der Waals surface area contributed by atoms with Crippen molar-refractivity contribution in [2.45, 2.75) is 46.5 Å². The monoisotopic (exact) mass is 522 g/mol. The van der Waals surface area contributed by atoms with E-state index in [0.717, 1.165) is 25.8 Å². The second-order valence-corrected chi connectivity index (χ2v) is 6.96. The lowest BCUT2D eigenvalue weighted by Gasteiger charge is -2.29. The summed E-state index contributed by atoms with van der Waals surface area (Å²) in [5, 5.41) is 18.6. The van der Waals surface area contributed by atoms with Crippen LogP contribution >= 0.6 is 24.0 Å². The molecule has 0 fully saturated rings. The molecule has 0 aliphatic heterocycles. The van der Waals surface area contributed by atoms with E-state index in [-0.39, 0.29) is 54.1 Å². The Morgan fingerprint density at radius 2 is 1.83 bits per heavy atom. The van der Waals surface area contributed by atoms with Gasteiger partial charge in [-0.3, -0.25) is 9.79 Å². The van der Waals surface area contributed by atoms with Gasteiger partial charge in [-0.1, -0.05) is 26.0 Å². The predicted octanol–water partition coefficient (Wildman–Crippen LogP) is 2.85. The Labute approximate surface area is 191 Å². The highest BCUT2D eigenvalue weighted by Crippen LogP contribution is 2.30. The van der Waals surface area contributed by atoms with Crippen LogP contribution < -0.4 is 16.0 Å². The van der Waals surface area contributed by atoms with Crippen molar-refractivity contribution < 1.29 is 14.3 Å². The minimum atomic E-state index is -0.338. The second-order valence-electron chi connectivity index (χ2n) is 6.96. The maximum atomic E-state index is 13.2. The molecular formula is C21H36FIN4O2. The van der Waals surface area contributed by atoms with Gasteiger partial charge >= 0.3 is 0 Å². The molecule has 6 nitrogen and oxygen atoms in total. The summed E-state index contributed by atoms with van der Waals surface area (Å²) in [6.45, 7) is 8.78. The quantitative estimate of drug-likeness (QED) is 0.147. The molecule has 4 N–H and O–H groups in total. The van der Waals surface area contributed by atoms with Gasteiger partial charge in [0.2, 0.25) is 5.91 Å². The third-order valence-electron chi connectivity index (χ3n) is 5.05. The maximum absolute atomic E-state index is 13.2. The van der Waals surface area contributed by atoms with E-state index in [4.69, 9.17) is 0 Å². The van der Waals surface area contributed by atoms with Crippen LogP contribution in [0.1, 0.15) is 45.6 Å². The zero-order chi connectivity index (χ0) is 20.8. The van der Waals surface area contributed by atoms with Gasteiger partial charge in [0.1, 0.15) is 5.82 Å². The zero-order valence-corrected chi connectivity index (χ0v) is 20.1. The Morgan fingerprint density at radius 3 is 2.41 bits per heavy atom. The fraction of sp³-hybridized carbons (Fsp3) is 0.619. The van der Waals surface area contributed by atoms with Crippen molar-refractivity contribution in [2.24, 2.45) is 10.4 Å². The summed E-state index contributed by atoms with van der Waals surface area (Å²) >= 11 is 0. The van der Waals surface area contributed by atoms with Crippen molar-refractivity contribution in [1.82, 2.24) is 16.0 Å². The minimum absolute atomic E-state index is 0. The normalized spacial score (nSPS) is 11.6. The van der Waals surface area contributed by atoms with Gasteiger partial charge in [0.15, 0.2) is 5.96 Å². The lowest BCUT2D eigenvalue weighted by atomic mass is 9.79. The fourth-order valence-electron chi connectivity index (χ4n) is 3.01. The fourth-order valence-corrected chi connectivity index (χ4v) is 3.01. The van der Waals surface area contributed by atoms with Crippen LogP contribution in [-0.4, -0.2) is 49.8 Å². The molecule has 1 rings (SSSR count). The SMILES string of the molecule is CCNC(=NCC(CC)(CC)CCO)NCCNC(=O)Cc1cccc(F)c1.I. The molecule has 0 saturated carbocycles. The van der Waals surface area contributed by atoms with E-state index in [9.17, 15) is 14.3 Å². The molecule has 0 radical (unpaired) electrons. The number of aliphatic imine (C=N–C) groups is 1. The first kappa shape index (κ1) is 27.6. The summed E-state index contributed by atoms with van der Waals surface area (Å²) < 4.78 is 13.2. The number of nitrogens with one attached hydrogen (secondary N) is 3. The Morgan fingerprint density at radius 1 is 1.14 bits per heavy atom. The van der Waals surface area contributed by atoms with Gasteiger partial charge in [0.05, 0.1) is 6.42 Å². The Kier molecular flexibility index (Phi) is 14.7. The molecule has 0 atom stereocenters. The first-order valence-electron chi connectivity index (χ1n) is 10.1. The number of benzene rings is 1. The van der Waals surface area contributed by atoms with Crippen LogP contribution in [0.2, 0.25) is 0 Å². The highest BCUT2D eigenvalue weighted by atomic mass is 127. The summed E-state index contributed by atoms with van der Waals surface area (Å²) in [4.78, 5) is 16.6. The number of aliphatic hydroxyl groups is 1. The Bertz CT molecular complexity index is 624. The number of guanidine groups is 1. The minimum Gasteiger partial charge on any atom is -0.396 e. The number of hydrogen-bond acceptors (Lipinski definition) is 3. The number of nitrogens with zero attached hydrogens (tertiary/aromatic N) is 1. The predicted molar refractivity (Wildman–Crippen MR) is 127 cm³/mol. The molecule has 0 unspecified atom stereocenters. The van der Waals surface area contributed by atoms with E-state index in [1.807, 2.05) is 6.92 Å². The third-order valence-corrected chi connectivity index (χ3v) is 5.05. The van der Waals surface area contributed by atoms with Crippen molar-refractivity contribution in [3.8, 4) is 0 Å². The molecule has 29 heavy (non-hydrogen) atoms. The van der Waals surface area contributed by atoms with Gasteiger partial charge in [-0.2, -0.15) is 0 Å². The van der Waals surface area contributed by atoms with Gasteiger partial charge in [-0.15, -0.1) is 24.0 Å². The Balaban J connectivity index is 0.00000784. The number of carbonyl (C=O) groups excluding carboxylic acids is 1. The Hall–Kier alpha value is -1.42. The highest BCUT2D eigenvalue weighted by Gasteiger charge is 2.25. The molecule has 0 aliphatic carbocycles. The van der Waals surface area contributed by atoms with Gasteiger partial charge in [-0.25, -0.2) is 4.39 Å². The molecule has 0 spiro atoms. The summed E-state index contributed by atoms with van der Waals surface area (Å²) in [5.41, 5.74) is 0.663. The van der Waals surface area contributed by atoms with E-state index in [1.165, 1.54) is 12.1 Å². The van der Waals surface area contributed by atoms with Crippen molar-refractivity contribution in [3.05, 3.63) is 35.6 Å². The van der Waals surface area contributed by atoms with Crippen LogP contribution in [0, 0.1) is 11.2 Å². The van der Waals surface area contributed by atoms with E-state index in [2.05, 4.69) is 34.8 Å². The average molecular weight is 522 g/mol. The standard InChI is InChI=1S/C21H35FN4O2.HI/c1-4-21(5-2,10-13-27)16-26-20(23-6-3)25-12-11-24-19(28)15-17-8-7-9-18(22)14-17;/h7-9,14,27H,4-6,10-13,15-16H2,1-3H3,(H,24,28)(H2,23,25,26);1H. The molecule has 0 bridgehead atoms. The van der Waals surface area contributed by atoms with Crippen LogP contribution in [0.15, 0.2) is 29.3 Å². The van der Waals surface area contributed by atoms with Crippen LogP contribution in [0.4, 0.5) is 4.39 Å². The van der Waals surface area contributed by atoms with E-state index >= 15 is 0 Å². The van der Waals surface area contributed by atoms with Crippen molar-refractivity contribution in [3.63, 3.8) is 0 Å². The van der Waals surface area contributed by atoms with Gasteiger partial charge < -0.3 is 21.1 Å². The van der Waals surface area contributed by atoms with Gasteiger partial charge in [0.25, 0.3) is 0 Å². The summed E-state index contributed by atoms with van der Waals surface area (Å²) in [5.74, 6) is 0.217. The third kappa shape index (κ3) is 10.8. The lowest BCUT2D eigenvalue weighted by molar-refractivity contribution is -0.120. The summed E-state index contributed by atoms with van der Waals surface area (Å²) in [7, 11) is 0. The molecule has 166 valence electrons. The number of carbonyl (C=O) groups is 1. The summed E-state index contributed by atoms with van der Waals surface area (Å²) in [6.07, 6.45) is 2.81.